The smallest absolute Gasteiger partial charge is 0.0101 e. The Labute approximate surface area is 82.0 Å². The molecule has 0 bridgehead atoms. The monoisotopic (exact) mass is 176 g/mol. The molecule has 72 valence electrons. The Morgan fingerprint density at radius 1 is 1.31 bits per heavy atom. The highest BCUT2D eigenvalue weighted by atomic mass is 14.3. The third-order valence-electron chi connectivity index (χ3n) is 3.20. The fourth-order valence-electron chi connectivity index (χ4n) is 2.23. The Morgan fingerprint density at radius 2 is 1.92 bits per heavy atom. The van der Waals surface area contributed by atoms with Gasteiger partial charge in [-0.2, -0.15) is 0 Å². The zero-order valence-corrected chi connectivity index (χ0v) is 9.06. The normalized spacial score (nSPS) is 27.2. The Hall–Kier alpha value is -0.780. The summed E-state index contributed by atoms with van der Waals surface area (Å²) in [6.07, 6.45) is 6.54. The molecule has 1 aliphatic rings. The molecule has 0 nitrogen and oxygen atoms in total. The van der Waals surface area contributed by atoms with Crippen molar-refractivity contribution in [2.75, 3.05) is 0 Å². The number of hydrogen-bond acceptors (Lipinski definition) is 0. The largest absolute Gasteiger partial charge is 0.0988 e. The standard InChI is InChI=1S/C13H20/c1-6-11-10(3)8-9-13(4,5)12(11)7-2/h6-7,10H,1-2,8-9H2,3-5H3. The van der Waals surface area contributed by atoms with Crippen LogP contribution >= 0.6 is 0 Å². The maximum Gasteiger partial charge on any atom is -0.0101 e. The minimum Gasteiger partial charge on any atom is -0.0988 e. The topological polar surface area (TPSA) is 0 Å². The second kappa shape index (κ2) is 3.53. The fourth-order valence-corrected chi connectivity index (χ4v) is 2.23. The van der Waals surface area contributed by atoms with Crippen molar-refractivity contribution in [1.29, 1.82) is 0 Å². The van der Waals surface area contributed by atoms with Crippen molar-refractivity contribution in [3.05, 3.63) is 36.5 Å². The molecular formula is C13H20. The van der Waals surface area contributed by atoms with E-state index in [9.17, 15) is 0 Å². The first kappa shape index (κ1) is 10.3. The van der Waals surface area contributed by atoms with E-state index < -0.39 is 0 Å². The predicted octanol–water partition coefficient (Wildman–Crippen LogP) is 4.11. The second-order valence-electron chi connectivity index (χ2n) is 4.60. The van der Waals surface area contributed by atoms with Crippen molar-refractivity contribution >= 4 is 0 Å². The third-order valence-corrected chi connectivity index (χ3v) is 3.20. The summed E-state index contributed by atoms with van der Waals surface area (Å²) in [7, 11) is 0. The third kappa shape index (κ3) is 1.77. The summed E-state index contributed by atoms with van der Waals surface area (Å²) in [6, 6.07) is 0. The van der Waals surface area contributed by atoms with Gasteiger partial charge < -0.3 is 0 Å². The SMILES string of the molecule is C=CC1=C(C=C)C(C)(C)CCC1C. The van der Waals surface area contributed by atoms with Gasteiger partial charge >= 0.3 is 0 Å². The molecule has 1 aliphatic carbocycles. The number of rotatable bonds is 2. The number of allylic oxidation sites excluding steroid dienone is 4. The Balaban J connectivity index is 3.20. The molecule has 0 heteroatoms. The van der Waals surface area contributed by atoms with Crippen LogP contribution in [-0.2, 0) is 0 Å². The summed E-state index contributed by atoms with van der Waals surface area (Å²) in [4.78, 5) is 0. The van der Waals surface area contributed by atoms with Crippen molar-refractivity contribution < 1.29 is 0 Å². The van der Waals surface area contributed by atoms with Gasteiger partial charge in [0.2, 0.25) is 0 Å². The van der Waals surface area contributed by atoms with Gasteiger partial charge in [0, 0.05) is 0 Å². The van der Waals surface area contributed by atoms with Crippen LogP contribution in [0.3, 0.4) is 0 Å². The molecule has 0 radical (unpaired) electrons. The highest BCUT2D eigenvalue weighted by Gasteiger charge is 2.30. The molecule has 0 saturated carbocycles. The van der Waals surface area contributed by atoms with Crippen LogP contribution < -0.4 is 0 Å². The van der Waals surface area contributed by atoms with Gasteiger partial charge in [0.1, 0.15) is 0 Å². The summed E-state index contributed by atoms with van der Waals surface area (Å²) in [5, 5.41) is 0. The molecule has 0 aromatic heterocycles. The van der Waals surface area contributed by atoms with Crippen molar-refractivity contribution in [3.63, 3.8) is 0 Å². The van der Waals surface area contributed by atoms with Crippen LogP contribution in [-0.4, -0.2) is 0 Å². The first-order chi connectivity index (χ1) is 6.03. The molecule has 0 N–H and O–H groups in total. The summed E-state index contributed by atoms with van der Waals surface area (Å²) >= 11 is 0. The van der Waals surface area contributed by atoms with E-state index in [2.05, 4.69) is 33.9 Å². The van der Waals surface area contributed by atoms with E-state index in [1.54, 1.807) is 0 Å². The summed E-state index contributed by atoms with van der Waals surface area (Å²) < 4.78 is 0. The van der Waals surface area contributed by atoms with Crippen molar-refractivity contribution in [3.8, 4) is 0 Å². The molecule has 0 amide bonds. The van der Waals surface area contributed by atoms with Crippen LogP contribution in [0.2, 0.25) is 0 Å². The molecule has 13 heavy (non-hydrogen) atoms. The lowest BCUT2D eigenvalue weighted by Gasteiger charge is -2.36. The van der Waals surface area contributed by atoms with Crippen molar-refractivity contribution in [2.45, 2.75) is 33.6 Å². The quantitative estimate of drug-likeness (QED) is 0.594. The molecule has 1 rings (SSSR count). The van der Waals surface area contributed by atoms with E-state index in [0.717, 1.165) is 0 Å². The van der Waals surface area contributed by atoms with Gasteiger partial charge in [-0.1, -0.05) is 46.1 Å². The lowest BCUT2D eigenvalue weighted by Crippen LogP contribution is -2.23. The van der Waals surface area contributed by atoms with Gasteiger partial charge in [-0.05, 0) is 35.3 Å². The zero-order chi connectivity index (χ0) is 10.1. The molecule has 0 aromatic rings. The molecule has 0 spiro atoms. The lowest BCUT2D eigenvalue weighted by molar-refractivity contribution is 0.343. The Kier molecular flexibility index (Phi) is 2.80. The summed E-state index contributed by atoms with van der Waals surface area (Å²) in [5.41, 5.74) is 3.07. The van der Waals surface area contributed by atoms with Crippen LogP contribution in [0.15, 0.2) is 36.5 Å². The minimum absolute atomic E-state index is 0.289. The predicted molar refractivity (Wildman–Crippen MR) is 59.6 cm³/mol. The minimum atomic E-state index is 0.289. The van der Waals surface area contributed by atoms with E-state index in [4.69, 9.17) is 0 Å². The fraction of sp³-hybridized carbons (Fsp3) is 0.538. The van der Waals surface area contributed by atoms with E-state index in [1.165, 1.54) is 24.0 Å². The lowest BCUT2D eigenvalue weighted by atomic mass is 9.69. The van der Waals surface area contributed by atoms with E-state index in [0.29, 0.717) is 5.92 Å². The second-order valence-corrected chi connectivity index (χ2v) is 4.60. The maximum atomic E-state index is 3.91. The van der Waals surface area contributed by atoms with Crippen LogP contribution in [0.5, 0.6) is 0 Å². The molecule has 1 atom stereocenters. The molecule has 0 fully saturated rings. The first-order valence-corrected chi connectivity index (χ1v) is 5.02. The highest BCUT2D eigenvalue weighted by molar-refractivity contribution is 5.39. The zero-order valence-electron chi connectivity index (χ0n) is 9.06. The molecule has 0 aliphatic heterocycles. The Bertz CT molecular complexity index is 253. The Morgan fingerprint density at radius 3 is 2.31 bits per heavy atom. The summed E-state index contributed by atoms with van der Waals surface area (Å²) in [6.45, 7) is 14.7. The van der Waals surface area contributed by atoms with E-state index in [1.807, 2.05) is 12.2 Å². The van der Waals surface area contributed by atoms with Crippen LogP contribution in [0, 0.1) is 11.3 Å². The van der Waals surface area contributed by atoms with Gasteiger partial charge in [0.25, 0.3) is 0 Å². The average molecular weight is 176 g/mol. The summed E-state index contributed by atoms with van der Waals surface area (Å²) in [5.74, 6) is 0.651. The van der Waals surface area contributed by atoms with Crippen molar-refractivity contribution in [2.24, 2.45) is 11.3 Å². The molecule has 0 aromatic carbocycles. The molecular weight excluding hydrogens is 156 g/mol. The van der Waals surface area contributed by atoms with Gasteiger partial charge in [-0.15, -0.1) is 0 Å². The van der Waals surface area contributed by atoms with Gasteiger partial charge in [0.15, 0.2) is 0 Å². The molecule has 0 heterocycles. The molecule has 0 saturated heterocycles. The van der Waals surface area contributed by atoms with E-state index >= 15 is 0 Å². The van der Waals surface area contributed by atoms with Gasteiger partial charge in [0.05, 0.1) is 0 Å². The van der Waals surface area contributed by atoms with E-state index in [-0.39, 0.29) is 5.41 Å². The van der Waals surface area contributed by atoms with Gasteiger partial charge in [-0.3, -0.25) is 0 Å². The van der Waals surface area contributed by atoms with Crippen LogP contribution in [0.4, 0.5) is 0 Å². The molecule has 1 unspecified atom stereocenters. The number of hydrogen-bond donors (Lipinski definition) is 0. The van der Waals surface area contributed by atoms with Crippen molar-refractivity contribution in [1.82, 2.24) is 0 Å². The van der Waals surface area contributed by atoms with Crippen LogP contribution in [0.25, 0.3) is 0 Å². The maximum absolute atomic E-state index is 3.91. The average Bonchev–Trinajstić information content (AvgIpc) is 2.08. The first-order valence-electron chi connectivity index (χ1n) is 5.02. The van der Waals surface area contributed by atoms with Gasteiger partial charge in [-0.25, -0.2) is 0 Å². The highest BCUT2D eigenvalue weighted by Crippen LogP contribution is 2.43. The van der Waals surface area contributed by atoms with Crippen LogP contribution in [0.1, 0.15) is 33.6 Å².